The number of hydrogen-bond acceptors (Lipinski definition) is 4. The van der Waals surface area contributed by atoms with Crippen LogP contribution in [0.2, 0.25) is 0 Å². The molecule has 0 bridgehead atoms. The van der Waals surface area contributed by atoms with Crippen molar-refractivity contribution in [2.24, 2.45) is 0 Å². The molecule has 0 aromatic heterocycles. The zero-order chi connectivity index (χ0) is 14.0. The van der Waals surface area contributed by atoms with E-state index in [1.165, 1.54) is 25.3 Å². The van der Waals surface area contributed by atoms with Crippen molar-refractivity contribution in [1.29, 1.82) is 0 Å². The smallest absolute Gasteiger partial charge is 0.306 e. The van der Waals surface area contributed by atoms with E-state index >= 15 is 0 Å². The fraction of sp³-hybridized carbons (Fsp3) is 0.462. The van der Waals surface area contributed by atoms with Crippen LogP contribution in [0.1, 0.15) is 30.7 Å². The van der Waals surface area contributed by atoms with Gasteiger partial charge in [-0.2, -0.15) is 0 Å². The molecule has 104 valence electrons. The van der Waals surface area contributed by atoms with Crippen LogP contribution in [0, 0.1) is 5.82 Å². The summed E-state index contributed by atoms with van der Waals surface area (Å²) in [6, 6.07) is 4.06. The van der Waals surface area contributed by atoms with Gasteiger partial charge in [0, 0.05) is 5.56 Å². The summed E-state index contributed by atoms with van der Waals surface area (Å²) < 4.78 is 42.6. The maximum Gasteiger partial charge on any atom is 0.306 e. The first-order chi connectivity index (χ1) is 8.95. The highest BCUT2D eigenvalue weighted by Gasteiger charge is 2.33. The normalized spacial score (nSPS) is 15.3. The van der Waals surface area contributed by atoms with Crippen molar-refractivity contribution in [3.63, 3.8) is 0 Å². The molecule has 0 N–H and O–H groups in total. The first-order valence-electron chi connectivity index (χ1n) is 6.03. The average molecular weight is 286 g/mol. The molecule has 1 aromatic carbocycles. The van der Waals surface area contributed by atoms with E-state index in [1.54, 1.807) is 0 Å². The Morgan fingerprint density at radius 1 is 1.42 bits per heavy atom. The Labute approximate surface area is 111 Å². The quantitative estimate of drug-likeness (QED) is 0.777. The lowest BCUT2D eigenvalue weighted by atomic mass is 10.1. The summed E-state index contributed by atoms with van der Waals surface area (Å²) in [6.45, 7) is 0. The van der Waals surface area contributed by atoms with Gasteiger partial charge in [-0.1, -0.05) is 6.07 Å². The van der Waals surface area contributed by atoms with Crippen LogP contribution >= 0.6 is 0 Å². The molecule has 0 atom stereocenters. The largest absolute Gasteiger partial charge is 0.469 e. The van der Waals surface area contributed by atoms with Gasteiger partial charge in [0.1, 0.15) is 5.82 Å². The van der Waals surface area contributed by atoms with Gasteiger partial charge < -0.3 is 4.74 Å². The second-order valence-electron chi connectivity index (χ2n) is 4.57. The molecule has 1 aromatic rings. The Hall–Kier alpha value is -1.43. The van der Waals surface area contributed by atoms with E-state index in [4.69, 9.17) is 0 Å². The number of rotatable bonds is 5. The average Bonchev–Trinajstić information content (AvgIpc) is 3.20. The lowest BCUT2D eigenvalue weighted by Gasteiger charge is -2.10. The van der Waals surface area contributed by atoms with Gasteiger partial charge in [0.25, 0.3) is 0 Å². The third kappa shape index (κ3) is 3.12. The highest BCUT2D eigenvalue weighted by molar-refractivity contribution is 7.91. The number of benzene rings is 1. The number of ether oxygens (including phenoxy) is 1. The van der Waals surface area contributed by atoms with Crippen molar-refractivity contribution >= 4 is 15.8 Å². The highest BCUT2D eigenvalue weighted by Crippen LogP contribution is 2.44. The number of carbonyl (C=O) groups excluding carboxylic acids is 1. The molecule has 0 radical (unpaired) electrons. The van der Waals surface area contributed by atoms with Crippen LogP contribution in [0.25, 0.3) is 0 Å². The number of carbonyl (C=O) groups is 1. The van der Waals surface area contributed by atoms with E-state index in [0.29, 0.717) is 0 Å². The summed E-state index contributed by atoms with van der Waals surface area (Å²) in [6.07, 6.45) is 1.39. The van der Waals surface area contributed by atoms with E-state index < -0.39 is 21.6 Å². The lowest BCUT2D eigenvalue weighted by molar-refractivity contribution is -0.140. The Bertz CT molecular complexity index is 591. The molecule has 4 nitrogen and oxygen atoms in total. The van der Waals surface area contributed by atoms with Gasteiger partial charge >= 0.3 is 5.97 Å². The molecular weight excluding hydrogens is 271 g/mol. The summed E-state index contributed by atoms with van der Waals surface area (Å²) in [5.74, 6) is -1.44. The van der Waals surface area contributed by atoms with Gasteiger partial charge in [0.05, 0.1) is 24.2 Å². The predicted octanol–water partition coefficient (Wildman–Crippen LogP) is 2.04. The third-order valence-electron chi connectivity index (χ3n) is 3.14. The molecule has 6 heteroatoms. The minimum Gasteiger partial charge on any atom is -0.469 e. The zero-order valence-corrected chi connectivity index (χ0v) is 11.4. The molecule has 0 heterocycles. The molecule has 0 spiro atoms. The first-order valence-corrected chi connectivity index (χ1v) is 7.69. The van der Waals surface area contributed by atoms with Gasteiger partial charge in [0.2, 0.25) is 0 Å². The Kier molecular flexibility index (Phi) is 3.89. The second-order valence-corrected chi connectivity index (χ2v) is 6.65. The zero-order valence-electron chi connectivity index (χ0n) is 10.6. The van der Waals surface area contributed by atoms with Crippen LogP contribution in [0.5, 0.6) is 0 Å². The van der Waals surface area contributed by atoms with Crippen LogP contribution in [0.4, 0.5) is 4.39 Å². The van der Waals surface area contributed by atoms with Crippen molar-refractivity contribution < 1.29 is 22.3 Å². The molecular formula is C13H15FO4S. The van der Waals surface area contributed by atoms with E-state index in [1.807, 2.05) is 0 Å². The van der Waals surface area contributed by atoms with E-state index in [2.05, 4.69) is 4.74 Å². The lowest BCUT2D eigenvalue weighted by Crippen LogP contribution is -2.14. The van der Waals surface area contributed by atoms with E-state index in [0.717, 1.165) is 12.8 Å². The van der Waals surface area contributed by atoms with Gasteiger partial charge in [-0.15, -0.1) is 0 Å². The van der Waals surface area contributed by atoms with Crippen LogP contribution in [0.3, 0.4) is 0 Å². The molecule has 1 aliphatic carbocycles. The van der Waals surface area contributed by atoms with Crippen molar-refractivity contribution in [1.82, 2.24) is 0 Å². The monoisotopic (exact) mass is 286 g/mol. The van der Waals surface area contributed by atoms with Crippen LogP contribution in [-0.4, -0.2) is 27.2 Å². The number of hydrogen-bond donors (Lipinski definition) is 0. The molecule has 0 unspecified atom stereocenters. The van der Waals surface area contributed by atoms with Crippen LogP contribution < -0.4 is 0 Å². The number of esters is 1. The first kappa shape index (κ1) is 14.0. The minimum atomic E-state index is -3.66. The van der Waals surface area contributed by atoms with Gasteiger partial charge in [-0.3, -0.25) is 4.79 Å². The maximum atomic E-state index is 13.8. The van der Waals surface area contributed by atoms with Crippen molar-refractivity contribution in [3.8, 4) is 0 Å². The van der Waals surface area contributed by atoms with Gasteiger partial charge in [-0.25, -0.2) is 12.8 Å². The predicted molar refractivity (Wildman–Crippen MR) is 67.1 cm³/mol. The maximum absolute atomic E-state index is 13.8. The summed E-state index contributed by atoms with van der Waals surface area (Å²) in [4.78, 5) is 11.0. The van der Waals surface area contributed by atoms with E-state index in [-0.39, 0.29) is 28.6 Å². The van der Waals surface area contributed by atoms with Crippen molar-refractivity contribution in [2.45, 2.75) is 30.1 Å². The molecule has 0 amide bonds. The molecule has 1 saturated carbocycles. The summed E-state index contributed by atoms with van der Waals surface area (Å²) in [5, 5.41) is 0. The number of sulfone groups is 1. The molecule has 1 aliphatic rings. The Morgan fingerprint density at radius 3 is 2.68 bits per heavy atom. The standard InChI is InChI=1S/C13H15FO4S/c1-18-12(15)7-8-19(16,17)11-4-2-3-10(14)13(11)9-5-6-9/h2-4,9H,5-8H2,1H3. The van der Waals surface area contributed by atoms with Gasteiger partial charge in [0.15, 0.2) is 9.84 Å². The number of methoxy groups -OCH3 is 1. The summed E-state index contributed by atoms with van der Waals surface area (Å²) in [7, 11) is -2.46. The molecule has 0 aliphatic heterocycles. The Morgan fingerprint density at radius 2 is 2.11 bits per heavy atom. The fourth-order valence-electron chi connectivity index (χ4n) is 1.99. The topological polar surface area (TPSA) is 60.4 Å². The SMILES string of the molecule is COC(=O)CCS(=O)(=O)c1cccc(F)c1C1CC1. The summed E-state index contributed by atoms with van der Waals surface area (Å²) in [5.41, 5.74) is 0.271. The molecule has 1 fully saturated rings. The van der Waals surface area contributed by atoms with Crippen LogP contribution in [0.15, 0.2) is 23.1 Å². The minimum absolute atomic E-state index is 0.0101. The Balaban J connectivity index is 2.30. The molecule has 19 heavy (non-hydrogen) atoms. The van der Waals surface area contributed by atoms with Crippen LogP contribution in [-0.2, 0) is 19.4 Å². The highest BCUT2D eigenvalue weighted by atomic mass is 32.2. The molecule has 2 rings (SSSR count). The fourth-order valence-corrected chi connectivity index (χ4v) is 3.53. The van der Waals surface area contributed by atoms with Crippen molar-refractivity contribution in [2.75, 3.05) is 12.9 Å². The third-order valence-corrected chi connectivity index (χ3v) is 4.90. The van der Waals surface area contributed by atoms with Crippen molar-refractivity contribution in [3.05, 3.63) is 29.6 Å². The van der Waals surface area contributed by atoms with Gasteiger partial charge in [-0.05, 0) is 30.9 Å². The molecule has 0 saturated heterocycles. The second kappa shape index (κ2) is 5.28. The number of halogens is 1. The summed E-state index contributed by atoms with van der Waals surface area (Å²) >= 11 is 0. The van der Waals surface area contributed by atoms with E-state index in [9.17, 15) is 17.6 Å².